The van der Waals surface area contributed by atoms with Gasteiger partial charge in [-0.3, -0.25) is 0 Å². The zero-order valence-electron chi connectivity index (χ0n) is 12.2. The first kappa shape index (κ1) is 15.1. The molecule has 2 aromatic rings. The van der Waals surface area contributed by atoms with Crippen LogP contribution in [0.5, 0.6) is 0 Å². The van der Waals surface area contributed by atoms with E-state index in [0.29, 0.717) is 0 Å². The first-order valence-electron chi connectivity index (χ1n) is 6.89. The van der Waals surface area contributed by atoms with Gasteiger partial charge in [-0.15, -0.1) is 0 Å². The van der Waals surface area contributed by atoms with E-state index >= 15 is 0 Å². The third-order valence-corrected chi connectivity index (χ3v) is 3.84. The molecule has 0 aliphatic rings. The molecule has 0 unspecified atom stereocenters. The van der Waals surface area contributed by atoms with Gasteiger partial charge in [0.15, 0.2) is 0 Å². The highest BCUT2D eigenvalue weighted by molar-refractivity contribution is 6.31. The largest absolute Gasteiger partial charge is 0.207 e. The molecule has 0 radical (unpaired) electrons. The van der Waals surface area contributed by atoms with E-state index in [1.807, 2.05) is 12.1 Å². The number of halogens is 2. The molecule has 2 heteroatoms. The highest BCUT2D eigenvalue weighted by Gasteiger charge is 2.14. The summed E-state index contributed by atoms with van der Waals surface area (Å²) >= 11 is 6.36. The van der Waals surface area contributed by atoms with Crippen molar-refractivity contribution in [3.8, 4) is 0 Å². The summed E-state index contributed by atoms with van der Waals surface area (Å²) in [6.07, 6.45) is 1.62. The van der Waals surface area contributed by atoms with Crippen LogP contribution in [0.15, 0.2) is 42.5 Å². The Kier molecular flexibility index (Phi) is 4.49. The van der Waals surface area contributed by atoms with Gasteiger partial charge in [-0.1, -0.05) is 56.6 Å². The van der Waals surface area contributed by atoms with Gasteiger partial charge in [0.25, 0.3) is 0 Å². The van der Waals surface area contributed by atoms with Crippen LogP contribution in [0, 0.1) is 5.82 Å². The van der Waals surface area contributed by atoms with Crippen molar-refractivity contribution in [2.24, 2.45) is 0 Å². The van der Waals surface area contributed by atoms with Gasteiger partial charge in [-0.05, 0) is 53.1 Å². The molecule has 0 atom stereocenters. The van der Waals surface area contributed by atoms with Crippen molar-refractivity contribution in [2.45, 2.75) is 39.0 Å². The second kappa shape index (κ2) is 5.97. The maximum Gasteiger partial charge on any atom is 0.123 e. The average Bonchev–Trinajstić information content (AvgIpc) is 2.36. The lowest BCUT2D eigenvalue weighted by Crippen LogP contribution is -2.11. The van der Waals surface area contributed by atoms with Crippen LogP contribution >= 0.6 is 11.6 Å². The van der Waals surface area contributed by atoms with E-state index in [0.717, 1.165) is 29.0 Å². The van der Waals surface area contributed by atoms with Gasteiger partial charge in [0.1, 0.15) is 5.82 Å². The summed E-state index contributed by atoms with van der Waals surface area (Å²) in [7, 11) is 0. The van der Waals surface area contributed by atoms with Crippen molar-refractivity contribution in [1.82, 2.24) is 0 Å². The highest BCUT2D eigenvalue weighted by atomic mass is 35.5. The van der Waals surface area contributed by atoms with Crippen molar-refractivity contribution in [3.63, 3.8) is 0 Å². The van der Waals surface area contributed by atoms with E-state index in [-0.39, 0.29) is 11.2 Å². The Morgan fingerprint density at radius 1 is 1.00 bits per heavy atom. The van der Waals surface area contributed by atoms with Gasteiger partial charge in [0.05, 0.1) is 0 Å². The van der Waals surface area contributed by atoms with Gasteiger partial charge < -0.3 is 0 Å². The Balaban J connectivity index is 2.11. The summed E-state index contributed by atoms with van der Waals surface area (Å²) in [5, 5.41) is 0.800. The van der Waals surface area contributed by atoms with Crippen LogP contribution in [0.3, 0.4) is 0 Å². The highest BCUT2D eigenvalue weighted by Crippen LogP contribution is 2.27. The molecular formula is C18H20ClF. The van der Waals surface area contributed by atoms with Crippen molar-refractivity contribution in [2.75, 3.05) is 0 Å². The van der Waals surface area contributed by atoms with Crippen LogP contribution in [-0.2, 0) is 18.3 Å². The zero-order chi connectivity index (χ0) is 14.8. The molecule has 0 spiro atoms. The Bertz CT molecular complexity index is 597. The van der Waals surface area contributed by atoms with E-state index < -0.39 is 0 Å². The number of rotatable bonds is 3. The molecule has 2 rings (SSSR count). The van der Waals surface area contributed by atoms with Gasteiger partial charge in [0, 0.05) is 5.02 Å². The van der Waals surface area contributed by atoms with Crippen LogP contribution in [0.2, 0.25) is 5.02 Å². The Morgan fingerprint density at radius 2 is 1.75 bits per heavy atom. The Labute approximate surface area is 125 Å². The van der Waals surface area contributed by atoms with Gasteiger partial charge in [-0.25, -0.2) is 4.39 Å². The van der Waals surface area contributed by atoms with Gasteiger partial charge in [-0.2, -0.15) is 0 Å². The fraction of sp³-hybridized carbons (Fsp3) is 0.333. The normalized spacial score (nSPS) is 11.7. The minimum absolute atomic E-state index is 0.102. The lowest BCUT2D eigenvalue weighted by molar-refractivity contribution is 0.590. The summed E-state index contributed by atoms with van der Waals surface area (Å²) in [6, 6.07) is 13.0. The molecule has 2 aromatic carbocycles. The molecule has 0 saturated heterocycles. The SMILES string of the molecule is CC(C)(C)c1ccc(CCc2cccc(F)c2)c(Cl)c1. The quantitative estimate of drug-likeness (QED) is 0.694. The number of hydrogen-bond donors (Lipinski definition) is 0. The Morgan fingerprint density at radius 3 is 2.35 bits per heavy atom. The topological polar surface area (TPSA) is 0 Å². The van der Waals surface area contributed by atoms with E-state index in [1.165, 1.54) is 11.6 Å². The molecule has 0 amide bonds. The third kappa shape index (κ3) is 3.83. The molecule has 0 N–H and O–H groups in total. The molecule has 0 aliphatic heterocycles. The summed E-state index contributed by atoms with van der Waals surface area (Å²) < 4.78 is 13.1. The molecule has 0 saturated carbocycles. The maximum absolute atomic E-state index is 13.1. The van der Waals surface area contributed by atoms with E-state index in [9.17, 15) is 4.39 Å². The van der Waals surface area contributed by atoms with E-state index in [4.69, 9.17) is 11.6 Å². The monoisotopic (exact) mass is 290 g/mol. The molecule has 0 heterocycles. The predicted octanol–water partition coefficient (Wildman–Crippen LogP) is 5.56. The lowest BCUT2D eigenvalue weighted by Gasteiger charge is -2.20. The Hall–Kier alpha value is -1.34. The summed E-state index contributed by atoms with van der Waals surface area (Å²) in [5.74, 6) is -0.184. The van der Waals surface area contributed by atoms with E-state index in [1.54, 1.807) is 12.1 Å². The van der Waals surface area contributed by atoms with Gasteiger partial charge in [0.2, 0.25) is 0 Å². The molecule has 106 valence electrons. The maximum atomic E-state index is 13.1. The molecule has 0 nitrogen and oxygen atoms in total. The zero-order valence-corrected chi connectivity index (χ0v) is 13.0. The number of aryl methyl sites for hydroxylation is 2. The molecule has 0 aromatic heterocycles. The lowest BCUT2D eigenvalue weighted by atomic mass is 9.86. The van der Waals surface area contributed by atoms with Crippen LogP contribution in [0.25, 0.3) is 0 Å². The molecule has 0 bridgehead atoms. The fourth-order valence-electron chi connectivity index (χ4n) is 2.19. The molecular weight excluding hydrogens is 271 g/mol. The van der Waals surface area contributed by atoms with Crippen molar-refractivity contribution >= 4 is 11.6 Å². The van der Waals surface area contributed by atoms with Crippen molar-refractivity contribution in [3.05, 3.63) is 70.0 Å². The van der Waals surface area contributed by atoms with Crippen molar-refractivity contribution < 1.29 is 4.39 Å². The molecule has 20 heavy (non-hydrogen) atoms. The number of benzene rings is 2. The first-order chi connectivity index (χ1) is 9.36. The van der Waals surface area contributed by atoms with Crippen LogP contribution in [0.4, 0.5) is 4.39 Å². The minimum atomic E-state index is -0.184. The van der Waals surface area contributed by atoms with E-state index in [2.05, 4.69) is 32.9 Å². The third-order valence-electron chi connectivity index (χ3n) is 3.49. The van der Waals surface area contributed by atoms with Crippen molar-refractivity contribution in [1.29, 1.82) is 0 Å². The summed E-state index contributed by atoms with van der Waals surface area (Å²) in [5.41, 5.74) is 3.45. The first-order valence-corrected chi connectivity index (χ1v) is 7.27. The summed E-state index contributed by atoms with van der Waals surface area (Å²) in [6.45, 7) is 6.52. The predicted molar refractivity (Wildman–Crippen MR) is 84.0 cm³/mol. The summed E-state index contributed by atoms with van der Waals surface area (Å²) in [4.78, 5) is 0. The second-order valence-electron chi connectivity index (χ2n) is 6.19. The number of hydrogen-bond acceptors (Lipinski definition) is 0. The smallest absolute Gasteiger partial charge is 0.123 e. The molecule has 0 fully saturated rings. The standard InChI is InChI=1S/C18H20ClF/c1-18(2,3)15-10-9-14(17(19)12-15)8-7-13-5-4-6-16(20)11-13/h4-6,9-12H,7-8H2,1-3H3. The van der Waals surface area contributed by atoms with Gasteiger partial charge >= 0.3 is 0 Å². The van der Waals surface area contributed by atoms with Crippen LogP contribution < -0.4 is 0 Å². The fourth-order valence-corrected chi connectivity index (χ4v) is 2.46. The molecule has 0 aliphatic carbocycles. The van der Waals surface area contributed by atoms with Crippen LogP contribution in [0.1, 0.15) is 37.5 Å². The second-order valence-corrected chi connectivity index (χ2v) is 6.59. The van der Waals surface area contributed by atoms with Crippen LogP contribution in [-0.4, -0.2) is 0 Å². The average molecular weight is 291 g/mol. The minimum Gasteiger partial charge on any atom is -0.207 e.